The molecule has 0 N–H and O–H groups in total. The largest absolute Gasteiger partial charge is 0.347 e. The van der Waals surface area contributed by atoms with E-state index in [1.807, 2.05) is 20.9 Å². The van der Waals surface area contributed by atoms with Crippen LogP contribution in [0.25, 0.3) is 0 Å². The van der Waals surface area contributed by atoms with Gasteiger partial charge in [-0.15, -0.1) is 0 Å². The Morgan fingerprint density at radius 2 is 2.05 bits per heavy atom. The first-order valence-electron chi connectivity index (χ1n) is 7.34. The summed E-state index contributed by atoms with van der Waals surface area (Å²) >= 11 is 0. The van der Waals surface area contributed by atoms with Crippen LogP contribution in [0.3, 0.4) is 0 Å². The van der Waals surface area contributed by atoms with Gasteiger partial charge in [0.2, 0.25) is 5.91 Å². The highest BCUT2D eigenvalue weighted by molar-refractivity contribution is 5.76. The van der Waals surface area contributed by atoms with Crippen LogP contribution >= 0.6 is 0 Å². The molecule has 114 valence electrons. The summed E-state index contributed by atoms with van der Waals surface area (Å²) in [4.78, 5) is 13.9. The number of carbonyl (C=O) groups is 1. The van der Waals surface area contributed by atoms with Gasteiger partial charge in [-0.05, 0) is 20.3 Å². The lowest BCUT2D eigenvalue weighted by atomic mass is 10.0. The highest BCUT2D eigenvalue weighted by Crippen LogP contribution is 2.29. The van der Waals surface area contributed by atoms with Crippen LogP contribution in [-0.2, 0) is 14.3 Å². The molecular weight excluding hydrogens is 256 g/mol. The smallest absolute Gasteiger partial charge is 0.224 e. The molecule has 0 saturated carbocycles. The zero-order chi connectivity index (χ0) is 15.2. The standard InChI is InChI=1S/C15H26N2O3/c1-5-6-9-17(4)14(18)11-13-10-12(7-8-16)19-15(2,3)20-13/h12-13H,5-7,9-11H2,1-4H3. The third-order valence-corrected chi connectivity index (χ3v) is 3.42. The molecule has 1 saturated heterocycles. The van der Waals surface area contributed by atoms with Crippen LogP contribution in [0.5, 0.6) is 0 Å². The van der Waals surface area contributed by atoms with Gasteiger partial charge in [-0.25, -0.2) is 0 Å². The fourth-order valence-corrected chi connectivity index (χ4v) is 2.44. The molecule has 0 radical (unpaired) electrons. The van der Waals surface area contributed by atoms with Crippen LogP contribution in [0.1, 0.15) is 52.9 Å². The molecule has 0 bridgehead atoms. The number of amides is 1. The van der Waals surface area contributed by atoms with Crippen molar-refractivity contribution in [3.8, 4) is 6.07 Å². The van der Waals surface area contributed by atoms with Gasteiger partial charge in [0.15, 0.2) is 5.79 Å². The fraction of sp³-hybridized carbons (Fsp3) is 0.867. The van der Waals surface area contributed by atoms with Crippen LogP contribution in [0.4, 0.5) is 0 Å². The molecule has 1 aliphatic rings. The number of hydrogen-bond acceptors (Lipinski definition) is 4. The van der Waals surface area contributed by atoms with Gasteiger partial charge in [0.1, 0.15) is 0 Å². The van der Waals surface area contributed by atoms with E-state index in [0.29, 0.717) is 19.3 Å². The predicted molar refractivity (Wildman–Crippen MR) is 75.8 cm³/mol. The summed E-state index contributed by atoms with van der Waals surface area (Å²) in [7, 11) is 1.83. The van der Waals surface area contributed by atoms with Crippen molar-refractivity contribution >= 4 is 5.91 Å². The highest BCUT2D eigenvalue weighted by Gasteiger charge is 2.36. The molecule has 1 fully saturated rings. The molecule has 0 spiro atoms. The summed E-state index contributed by atoms with van der Waals surface area (Å²) in [6.45, 7) is 6.54. The van der Waals surface area contributed by atoms with Gasteiger partial charge in [-0.3, -0.25) is 4.79 Å². The average molecular weight is 282 g/mol. The number of nitriles is 1. The second-order valence-corrected chi connectivity index (χ2v) is 5.85. The molecule has 1 heterocycles. The molecule has 1 amide bonds. The first-order chi connectivity index (χ1) is 9.38. The molecular formula is C15H26N2O3. The molecule has 0 aromatic carbocycles. The lowest BCUT2D eigenvalue weighted by molar-refractivity contribution is -0.298. The van der Waals surface area contributed by atoms with E-state index in [2.05, 4.69) is 13.0 Å². The first-order valence-corrected chi connectivity index (χ1v) is 7.34. The fourth-order valence-electron chi connectivity index (χ4n) is 2.44. The highest BCUT2D eigenvalue weighted by atomic mass is 16.7. The van der Waals surface area contributed by atoms with Gasteiger partial charge in [0.05, 0.1) is 31.1 Å². The minimum atomic E-state index is -0.729. The van der Waals surface area contributed by atoms with Crippen molar-refractivity contribution in [1.29, 1.82) is 5.26 Å². The number of nitrogens with zero attached hydrogens (tertiary/aromatic N) is 2. The monoisotopic (exact) mass is 282 g/mol. The molecule has 0 aliphatic carbocycles. The molecule has 5 nitrogen and oxygen atoms in total. The third-order valence-electron chi connectivity index (χ3n) is 3.42. The Hall–Kier alpha value is -1.12. The van der Waals surface area contributed by atoms with E-state index in [1.54, 1.807) is 4.90 Å². The predicted octanol–water partition coefficient (Wildman–Crippen LogP) is 2.46. The molecule has 1 aliphatic heterocycles. The molecule has 0 aromatic heterocycles. The number of carbonyl (C=O) groups excluding carboxylic acids is 1. The van der Waals surface area contributed by atoms with Crippen molar-refractivity contribution < 1.29 is 14.3 Å². The summed E-state index contributed by atoms with van der Waals surface area (Å²) in [6, 6.07) is 2.12. The molecule has 1 rings (SSSR count). The number of rotatable bonds is 6. The van der Waals surface area contributed by atoms with E-state index in [1.165, 1.54) is 0 Å². The van der Waals surface area contributed by atoms with Crippen molar-refractivity contribution in [1.82, 2.24) is 4.90 Å². The molecule has 2 unspecified atom stereocenters. The minimum Gasteiger partial charge on any atom is -0.347 e. The lowest BCUT2D eigenvalue weighted by Crippen LogP contribution is -2.46. The van der Waals surface area contributed by atoms with E-state index in [0.717, 1.165) is 19.4 Å². The maximum absolute atomic E-state index is 12.1. The van der Waals surface area contributed by atoms with E-state index < -0.39 is 5.79 Å². The summed E-state index contributed by atoms with van der Waals surface area (Å²) < 4.78 is 11.5. The van der Waals surface area contributed by atoms with Gasteiger partial charge < -0.3 is 14.4 Å². The van der Waals surface area contributed by atoms with E-state index >= 15 is 0 Å². The number of unbranched alkanes of at least 4 members (excludes halogenated alkanes) is 1. The van der Waals surface area contributed by atoms with Crippen molar-refractivity contribution in [2.45, 2.75) is 70.9 Å². The van der Waals surface area contributed by atoms with Crippen LogP contribution in [0.2, 0.25) is 0 Å². The van der Waals surface area contributed by atoms with Gasteiger partial charge in [-0.1, -0.05) is 13.3 Å². The SMILES string of the molecule is CCCCN(C)C(=O)CC1CC(CC#N)OC(C)(C)O1. The summed E-state index contributed by atoms with van der Waals surface area (Å²) in [5.41, 5.74) is 0. The molecule has 0 aromatic rings. The lowest BCUT2D eigenvalue weighted by Gasteiger charge is -2.40. The Morgan fingerprint density at radius 3 is 2.65 bits per heavy atom. The van der Waals surface area contributed by atoms with Gasteiger partial charge in [-0.2, -0.15) is 5.26 Å². The Kier molecular flexibility index (Phi) is 6.44. The molecule has 2 atom stereocenters. The normalized spacial score (nSPS) is 24.9. The van der Waals surface area contributed by atoms with Crippen LogP contribution < -0.4 is 0 Å². The van der Waals surface area contributed by atoms with Crippen LogP contribution in [0, 0.1) is 11.3 Å². The summed E-state index contributed by atoms with van der Waals surface area (Å²) in [5.74, 6) is -0.635. The van der Waals surface area contributed by atoms with Gasteiger partial charge in [0.25, 0.3) is 0 Å². The molecule has 5 heteroatoms. The minimum absolute atomic E-state index is 0.0943. The number of ether oxygens (including phenoxy) is 2. The van der Waals surface area contributed by atoms with Crippen molar-refractivity contribution in [2.75, 3.05) is 13.6 Å². The summed E-state index contributed by atoms with van der Waals surface area (Å²) in [5, 5.41) is 8.80. The zero-order valence-corrected chi connectivity index (χ0v) is 13.0. The first kappa shape index (κ1) is 16.9. The summed E-state index contributed by atoms with van der Waals surface area (Å²) in [6.07, 6.45) is 3.06. The molecule has 20 heavy (non-hydrogen) atoms. The van der Waals surface area contributed by atoms with Crippen LogP contribution in [-0.4, -0.2) is 42.4 Å². The van der Waals surface area contributed by atoms with Crippen molar-refractivity contribution in [3.05, 3.63) is 0 Å². The van der Waals surface area contributed by atoms with E-state index in [-0.39, 0.29) is 18.1 Å². The zero-order valence-electron chi connectivity index (χ0n) is 13.0. The van der Waals surface area contributed by atoms with Crippen molar-refractivity contribution in [2.24, 2.45) is 0 Å². The Balaban J connectivity index is 2.53. The Bertz CT molecular complexity index is 363. The second kappa shape index (κ2) is 7.61. The Morgan fingerprint density at radius 1 is 1.40 bits per heavy atom. The maximum Gasteiger partial charge on any atom is 0.224 e. The topological polar surface area (TPSA) is 62.6 Å². The second-order valence-electron chi connectivity index (χ2n) is 5.85. The van der Waals surface area contributed by atoms with Crippen molar-refractivity contribution in [3.63, 3.8) is 0 Å². The third kappa shape index (κ3) is 5.48. The quantitative estimate of drug-likeness (QED) is 0.750. The maximum atomic E-state index is 12.1. The van der Waals surface area contributed by atoms with Gasteiger partial charge in [0, 0.05) is 20.0 Å². The van der Waals surface area contributed by atoms with E-state index in [4.69, 9.17) is 14.7 Å². The van der Waals surface area contributed by atoms with Gasteiger partial charge >= 0.3 is 0 Å². The van der Waals surface area contributed by atoms with E-state index in [9.17, 15) is 4.79 Å². The Labute approximate surface area is 121 Å². The number of hydrogen-bond donors (Lipinski definition) is 0. The average Bonchev–Trinajstić information content (AvgIpc) is 2.34. The van der Waals surface area contributed by atoms with Crippen LogP contribution in [0.15, 0.2) is 0 Å².